The Bertz CT molecular complexity index is 388. The summed E-state index contributed by atoms with van der Waals surface area (Å²) in [6.07, 6.45) is 5.10. The molecule has 0 spiro atoms. The molecule has 1 aliphatic rings. The Labute approximate surface area is 108 Å². The Morgan fingerprint density at radius 1 is 1.41 bits per heavy atom. The molecule has 0 radical (unpaired) electrons. The zero-order valence-electron chi connectivity index (χ0n) is 10.6. The minimum absolute atomic E-state index is 0.451. The normalized spacial score (nSPS) is 17.6. The summed E-state index contributed by atoms with van der Waals surface area (Å²) in [5, 5.41) is 4.02. The first-order chi connectivity index (χ1) is 8.19. The molecule has 0 saturated heterocycles. The van der Waals surface area contributed by atoms with Gasteiger partial charge in [0.15, 0.2) is 0 Å². The van der Waals surface area contributed by atoms with Crippen molar-refractivity contribution in [3.05, 3.63) is 28.8 Å². The number of methoxy groups -OCH3 is 1. The molecule has 1 aromatic rings. The summed E-state index contributed by atoms with van der Waals surface area (Å²) in [5.41, 5.74) is 1.76. The van der Waals surface area contributed by atoms with Crippen molar-refractivity contribution in [1.82, 2.24) is 5.32 Å². The first-order valence-corrected chi connectivity index (χ1v) is 6.54. The van der Waals surface area contributed by atoms with Crippen molar-refractivity contribution in [3.63, 3.8) is 0 Å². The van der Waals surface area contributed by atoms with Gasteiger partial charge < -0.3 is 10.1 Å². The van der Waals surface area contributed by atoms with E-state index in [1.54, 1.807) is 7.11 Å². The average Bonchev–Trinajstić information content (AvgIpc) is 2.26. The Kier molecular flexibility index (Phi) is 3.95. The predicted octanol–water partition coefficient (Wildman–Crippen LogP) is 3.28. The summed E-state index contributed by atoms with van der Waals surface area (Å²) in [6, 6.07) is 6.12. The molecule has 0 aromatic heterocycles. The number of nitrogens with one attached hydrogen (secondary N) is 1. The van der Waals surface area contributed by atoms with E-state index in [-0.39, 0.29) is 0 Å². The van der Waals surface area contributed by atoms with Gasteiger partial charge in [-0.15, -0.1) is 0 Å². The first kappa shape index (κ1) is 12.7. The highest BCUT2D eigenvalue weighted by atomic mass is 35.5. The molecule has 2 nitrogen and oxygen atoms in total. The number of ether oxygens (including phenoxy) is 1. The van der Waals surface area contributed by atoms with Gasteiger partial charge in [0, 0.05) is 6.54 Å². The third kappa shape index (κ3) is 2.75. The van der Waals surface area contributed by atoms with Crippen LogP contribution in [0.4, 0.5) is 0 Å². The topological polar surface area (TPSA) is 21.3 Å². The van der Waals surface area contributed by atoms with Gasteiger partial charge in [0.1, 0.15) is 5.75 Å². The quantitative estimate of drug-likeness (QED) is 0.870. The second-order valence-corrected chi connectivity index (χ2v) is 5.44. The highest BCUT2D eigenvalue weighted by Crippen LogP contribution is 2.43. The number of benzene rings is 1. The van der Waals surface area contributed by atoms with E-state index in [9.17, 15) is 0 Å². The van der Waals surface area contributed by atoms with Gasteiger partial charge in [0.2, 0.25) is 0 Å². The molecule has 3 heteroatoms. The van der Waals surface area contributed by atoms with Gasteiger partial charge in [-0.05, 0) is 49.4 Å². The summed E-state index contributed by atoms with van der Waals surface area (Å²) in [5.74, 6) is 0.756. The molecule has 0 heterocycles. The molecule has 0 atom stereocenters. The van der Waals surface area contributed by atoms with E-state index in [2.05, 4.69) is 11.4 Å². The summed E-state index contributed by atoms with van der Waals surface area (Å²) >= 11 is 6.16. The van der Waals surface area contributed by atoms with Crippen LogP contribution in [0.2, 0.25) is 5.02 Å². The molecule has 1 aliphatic carbocycles. The van der Waals surface area contributed by atoms with Gasteiger partial charge in [-0.3, -0.25) is 0 Å². The van der Waals surface area contributed by atoms with Gasteiger partial charge in [0.05, 0.1) is 12.1 Å². The lowest BCUT2D eigenvalue weighted by Gasteiger charge is -2.42. The summed E-state index contributed by atoms with van der Waals surface area (Å²) < 4.78 is 5.17. The van der Waals surface area contributed by atoms with E-state index in [1.807, 2.05) is 19.2 Å². The van der Waals surface area contributed by atoms with Gasteiger partial charge in [0.25, 0.3) is 0 Å². The maximum Gasteiger partial charge on any atom is 0.137 e. The molecule has 1 fully saturated rings. The second kappa shape index (κ2) is 5.28. The highest BCUT2D eigenvalue weighted by Gasteiger charge is 2.36. The maximum absolute atomic E-state index is 6.16. The van der Waals surface area contributed by atoms with Gasteiger partial charge in [-0.25, -0.2) is 0 Å². The largest absolute Gasteiger partial charge is 0.495 e. The summed E-state index contributed by atoms with van der Waals surface area (Å²) in [4.78, 5) is 0. The molecular formula is C14H20ClNO. The van der Waals surface area contributed by atoms with Crippen molar-refractivity contribution in [3.8, 4) is 5.75 Å². The smallest absolute Gasteiger partial charge is 0.137 e. The predicted molar refractivity (Wildman–Crippen MR) is 71.9 cm³/mol. The van der Waals surface area contributed by atoms with Crippen LogP contribution in [-0.4, -0.2) is 20.7 Å². The lowest BCUT2D eigenvalue weighted by Crippen LogP contribution is -2.40. The Morgan fingerprint density at radius 3 is 2.65 bits per heavy atom. The number of rotatable bonds is 5. The molecule has 0 unspecified atom stereocenters. The van der Waals surface area contributed by atoms with Crippen LogP contribution in [0, 0.1) is 5.41 Å². The van der Waals surface area contributed by atoms with Crippen LogP contribution in [0.15, 0.2) is 18.2 Å². The average molecular weight is 254 g/mol. The van der Waals surface area contributed by atoms with Crippen molar-refractivity contribution < 1.29 is 4.74 Å². The van der Waals surface area contributed by atoms with Gasteiger partial charge in [-0.2, -0.15) is 0 Å². The Morgan fingerprint density at radius 2 is 2.18 bits per heavy atom. The lowest BCUT2D eigenvalue weighted by molar-refractivity contribution is 0.133. The fourth-order valence-corrected chi connectivity index (χ4v) is 3.00. The molecule has 0 bridgehead atoms. The molecule has 1 saturated carbocycles. The third-order valence-electron chi connectivity index (χ3n) is 3.76. The van der Waals surface area contributed by atoms with Crippen LogP contribution < -0.4 is 10.1 Å². The maximum atomic E-state index is 6.16. The van der Waals surface area contributed by atoms with E-state index in [0.717, 1.165) is 18.7 Å². The van der Waals surface area contributed by atoms with E-state index in [1.165, 1.54) is 24.8 Å². The van der Waals surface area contributed by atoms with Crippen LogP contribution in [0.5, 0.6) is 5.75 Å². The van der Waals surface area contributed by atoms with Crippen molar-refractivity contribution in [2.24, 2.45) is 5.41 Å². The van der Waals surface area contributed by atoms with Crippen LogP contribution in [0.3, 0.4) is 0 Å². The molecule has 1 aromatic carbocycles. The molecule has 17 heavy (non-hydrogen) atoms. The Balaban J connectivity index is 2.10. The van der Waals surface area contributed by atoms with Crippen LogP contribution in [0.25, 0.3) is 0 Å². The first-order valence-electron chi connectivity index (χ1n) is 6.16. The molecule has 1 N–H and O–H groups in total. The number of hydrogen-bond acceptors (Lipinski definition) is 2. The SMILES string of the molecule is CNCC1(Cc2ccc(OC)c(Cl)c2)CCC1. The van der Waals surface area contributed by atoms with E-state index in [0.29, 0.717) is 10.4 Å². The molecule has 0 aliphatic heterocycles. The highest BCUT2D eigenvalue weighted by molar-refractivity contribution is 6.32. The van der Waals surface area contributed by atoms with E-state index in [4.69, 9.17) is 16.3 Å². The minimum Gasteiger partial charge on any atom is -0.495 e. The second-order valence-electron chi connectivity index (χ2n) is 5.03. The van der Waals surface area contributed by atoms with Crippen LogP contribution in [-0.2, 0) is 6.42 Å². The minimum atomic E-state index is 0.451. The summed E-state index contributed by atoms with van der Waals surface area (Å²) in [7, 11) is 3.68. The molecule has 2 rings (SSSR count). The van der Waals surface area contributed by atoms with Crippen molar-refractivity contribution in [2.75, 3.05) is 20.7 Å². The molecule has 94 valence electrons. The van der Waals surface area contributed by atoms with Crippen molar-refractivity contribution >= 4 is 11.6 Å². The standard InChI is InChI=1S/C14H20ClNO/c1-16-10-14(6-3-7-14)9-11-4-5-13(17-2)12(15)8-11/h4-5,8,16H,3,6-7,9-10H2,1-2H3. The zero-order valence-corrected chi connectivity index (χ0v) is 11.3. The molecular weight excluding hydrogens is 234 g/mol. The van der Waals surface area contributed by atoms with E-state index < -0.39 is 0 Å². The number of hydrogen-bond donors (Lipinski definition) is 1. The zero-order chi connectivity index (χ0) is 12.3. The number of halogens is 1. The Hall–Kier alpha value is -0.730. The van der Waals surface area contributed by atoms with Gasteiger partial charge in [-0.1, -0.05) is 24.1 Å². The van der Waals surface area contributed by atoms with Crippen molar-refractivity contribution in [2.45, 2.75) is 25.7 Å². The van der Waals surface area contributed by atoms with Crippen LogP contribution >= 0.6 is 11.6 Å². The fourth-order valence-electron chi connectivity index (χ4n) is 2.72. The van der Waals surface area contributed by atoms with Gasteiger partial charge >= 0.3 is 0 Å². The third-order valence-corrected chi connectivity index (χ3v) is 4.06. The van der Waals surface area contributed by atoms with E-state index >= 15 is 0 Å². The lowest BCUT2D eigenvalue weighted by atomic mass is 9.65. The van der Waals surface area contributed by atoms with Crippen molar-refractivity contribution in [1.29, 1.82) is 0 Å². The fraction of sp³-hybridized carbons (Fsp3) is 0.571. The molecule has 0 amide bonds. The summed E-state index contributed by atoms with van der Waals surface area (Å²) in [6.45, 7) is 1.09. The monoisotopic (exact) mass is 253 g/mol. The van der Waals surface area contributed by atoms with Crippen LogP contribution in [0.1, 0.15) is 24.8 Å².